The van der Waals surface area contributed by atoms with Crippen LogP contribution in [0, 0.1) is 6.92 Å². The number of H-pyrrole nitrogens is 1. The fourth-order valence-electron chi connectivity index (χ4n) is 2.36. The number of hydrogen-bond donors (Lipinski definition) is 2. The Morgan fingerprint density at radius 3 is 2.23 bits per heavy atom. The average molecular weight is 370 g/mol. The molecular formula is C15H16BrNO5. The zero-order valence-electron chi connectivity index (χ0n) is 12.6. The van der Waals surface area contributed by atoms with Crippen molar-refractivity contribution >= 4 is 21.9 Å². The third-order valence-corrected chi connectivity index (χ3v) is 4.11. The van der Waals surface area contributed by atoms with Crippen molar-refractivity contribution in [2.24, 2.45) is 0 Å². The lowest BCUT2D eigenvalue weighted by atomic mass is 10.0. The minimum atomic E-state index is -1.04. The number of rotatable bonds is 5. The molecule has 2 N–H and O–H groups in total. The van der Waals surface area contributed by atoms with Crippen molar-refractivity contribution in [2.75, 3.05) is 21.3 Å². The number of carbonyl (C=O) groups is 1. The van der Waals surface area contributed by atoms with Crippen LogP contribution >= 0.6 is 15.9 Å². The second-order valence-electron chi connectivity index (χ2n) is 4.50. The van der Waals surface area contributed by atoms with Crippen LogP contribution in [0.25, 0.3) is 11.1 Å². The molecular weight excluding hydrogens is 354 g/mol. The van der Waals surface area contributed by atoms with E-state index in [1.165, 1.54) is 21.3 Å². The second-order valence-corrected chi connectivity index (χ2v) is 5.29. The van der Waals surface area contributed by atoms with Gasteiger partial charge in [-0.2, -0.15) is 0 Å². The summed E-state index contributed by atoms with van der Waals surface area (Å²) in [5, 5.41) is 9.22. The predicted molar refractivity (Wildman–Crippen MR) is 85.3 cm³/mol. The summed E-state index contributed by atoms with van der Waals surface area (Å²) in [6.07, 6.45) is 0. The highest BCUT2D eigenvalue weighted by Crippen LogP contribution is 2.47. The molecule has 118 valence electrons. The van der Waals surface area contributed by atoms with Gasteiger partial charge in [-0.05, 0) is 35.0 Å². The Bertz CT molecular complexity index is 723. The molecule has 0 unspecified atom stereocenters. The number of aryl methyl sites for hydroxylation is 1. The van der Waals surface area contributed by atoms with E-state index in [0.29, 0.717) is 38.5 Å². The fraction of sp³-hybridized carbons (Fsp3) is 0.267. The van der Waals surface area contributed by atoms with E-state index < -0.39 is 5.97 Å². The molecule has 0 amide bonds. The van der Waals surface area contributed by atoms with Gasteiger partial charge in [0.1, 0.15) is 5.69 Å². The number of benzene rings is 1. The number of halogens is 1. The monoisotopic (exact) mass is 369 g/mol. The number of aromatic amines is 1. The van der Waals surface area contributed by atoms with Crippen molar-refractivity contribution in [2.45, 2.75) is 6.92 Å². The Labute approximate surface area is 136 Å². The first-order chi connectivity index (χ1) is 10.5. The first-order valence-corrected chi connectivity index (χ1v) is 7.16. The summed E-state index contributed by atoms with van der Waals surface area (Å²) < 4.78 is 16.5. The topological polar surface area (TPSA) is 80.8 Å². The summed E-state index contributed by atoms with van der Waals surface area (Å²) >= 11 is 3.35. The number of hydrogen-bond acceptors (Lipinski definition) is 4. The molecule has 2 aromatic rings. The number of carboxylic acid groups (broad SMARTS) is 1. The highest BCUT2D eigenvalue weighted by Gasteiger charge is 2.24. The molecule has 0 bridgehead atoms. The van der Waals surface area contributed by atoms with Crippen molar-refractivity contribution in [3.05, 3.63) is 28.0 Å². The Hall–Kier alpha value is -2.15. The van der Waals surface area contributed by atoms with Crippen LogP contribution in [0.2, 0.25) is 0 Å². The highest BCUT2D eigenvalue weighted by atomic mass is 79.9. The van der Waals surface area contributed by atoms with Gasteiger partial charge < -0.3 is 24.3 Å². The van der Waals surface area contributed by atoms with Crippen molar-refractivity contribution in [1.82, 2.24) is 4.98 Å². The molecule has 1 aromatic heterocycles. The quantitative estimate of drug-likeness (QED) is 0.842. The minimum absolute atomic E-state index is 0.0873. The van der Waals surface area contributed by atoms with Gasteiger partial charge in [0.25, 0.3) is 0 Å². The van der Waals surface area contributed by atoms with Crippen molar-refractivity contribution in [1.29, 1.82) is 0 Å². The van der Waals surface area contributed by atoms with E-state index in [0.717, 1.165) is 0 Å². The Morgan fingerprint density at radius 2 is 1.77 bits per heavy atom. The summed E-state index contributed by atoms with van der Waals surface area (Å²) in [6, 6.07) is 3.54. The molecule has 1 heterocycles. The number of ether oxygens (including phenoxy) is 3. The highest BCUT2D eigenvalue weighted by molar-refractivity contribution is 9.10. The van der Waals surface area contributed by atoms with Crippen LogP contribution in [0.15, 0.2) is 16.6 Å². The summed E-state index contributed by atoms with van der Waals surface area (Å²) in [5.41, 5.74) is 2.20. The molecule has 0 aliphatic heterocycles. The van der Waals surface area contributed by atoms with Gasteiger partial charge in [0.15, 0.2) is 11.5 Å². The molecule has 0 atom stereocenters. The number of carboxylic acids is 1. The van der Waals surface area contributed by atoms with Crippen LogP contribution in [0.5, 0.6) is 17.2 Å². The number of nitrogens with one attached hydrogen (secondary N) is 1. The van der Waals surface area contributed by atoms with Gasteiger partial charge in [-0.3, -0.25) is 0 Å². The van der Waals surface area contributed by atoms with Crippen molar-refractivity contribution < 1.29 is 24.1 Å². The first kappa shape index (κ1) is 16.2. The maximum Gasteiger partial charge on any atom is 0.353 e. The maximum absolute atomic E-state index is 11.3. The SMILES string of the molecule is COc1ccc(-c2c(C)[nH]c(C(=O)O)c2Br)c(OC)c1OC. The molecule has 22 heavy (non-hydrogen) atoms. The molecule has 0 aliphatic carbocycles. The third-order valence-electron chi connectivity index (χ3n) is 3.31. The van der Waals surface area contributed by atoms with E-state index in [1.807, 2.05) is 0 Å². The van der Waals surface area contributed by atoms with E-state index in [4.69, 9.17) is 14.2 Å². The number of methoxy groups -OCH3 is 3. The fourth-order valence-corrected chi connectivity index (χ4v) is 3.14. The molecule has 0 saturated heterocycles. The zero-order chi connectivity index (χ0) is 16.4. The summed E-state index contributed by atoms with van der Waals surface area (Å²) in [4.78, 5) is 14.1. The molecule has 0 radical (unpaired) electrons. The summed E-state index contributed by atoms with van der Waals surface area (Å²) in [5.74, 6) is 0.417. The van der Waals surface area contributed by atoms with Gasteiger partial charge in [-0.1, -0.05) is 0 Å². The molecule has 2 rings (SSSR count). The second kappa shape index (κ2) is 6.31. The van der Waals surface area contributed by atoms with E-state index in [1.54, 1.807) is 19.1 Å². The smallest absolute Gasteiger partial charge is 0.353 e. The van der Waals surface area contributed by atoms with Crippen molar-refractivity contribution in [3.8, 4) is 28.4 Å². The Kier molecular flexibility index (Phi) is 4.65. The molecule has 1 aromatic carbocycles. The van der Waals surface area contributed by atoms with Gasteiger partial charge in [0, 0.05) is 16.8 Å². The van der Waals surface area contributed by atoms with Crippen LogP contribution in [0.4, 0.5) is 0 Å². The van der Waals surface area contributed by atoms with Crippen LogP contribution in [0.1, 0.15) is 16.2 Å². The lowest BCUT2D eigenvalue weighted by Gasteiger charge is -2.16. The summed E-state index contributed by atoms with van der Waals surface area (Å²) in [7, 11) is 4.58. The van der Waals surface area contributed by atoms with Crippen LogP contribution in [-0.4, -0.2) is 37.4 Å². The lowest BCUT2D eigenvalue weighted by molar-refractivity contribution is 0.0690. The number of aromatic nitrogens is 1. The minimum Gasteiger partial charge on any atom is -0.493 e. The summed E-state index contributed by atoms with van der Waals surface area (Å²) in [6.45, 7) is 1.79. The van der Waals surface area contributed by atoms with Gasteiger partial charge in [-0.15, -0.1) is 0 Å². The molecule has 0 fully saturated rings. The number of aromatic carboxylic acids is 1. The first-order valence-electron chi connectivity index (χ1n) is 6.36. The standard InChI is InChI=1S/C15H16BrNO5/c1-7-10(11(16)12(17-7)15(18)19)8-5-6-9(20-2)14(22-4)13(8)21-3/h5-6,17H,1-4H3,(H,18,19). The van der Waals surface area contributed by atoms with E-state index in [9.17, 15) is 9.90 Å². The van der Waals surface area contributed by atoms with Gasteiger partial charge in [0.2, 0.25) is 5.75 Å². The average Bonchev–Trinajstić information content (AvgIpc) is 2.80. The van der Waals surface area contributed by atoms with Gasteiger partial charge in [-0.25, -0.2) is 4.79 Å². The molecule has 0 aliphatic rings. The van der Waals surface area contributed by atoms with E-state index >= 15 is 0 Å². The largest absolute Gasteiger partial charge is 0.493 e. The molecule has 6 nitrogen and oxygen atoms in total. The Balaban J connectivity index is 2.76. The maximum atomic E-state index is 11.3. The lowest BCUT2D eigenvalue weighted by Crippen LogP contribution is -1.98. The van der Waals surface area contributed by atoms with Crippen LogP contribution < -0.4 is 14.2 Å². The van der Waals surface area contributed by atoms with Crippen LogP contribution in [0.3, 0.4) is 0 Å². The molecule has 0 spiro atoms. The van der Waals surface area contributed by atoms with Crippen LogP contribution in [-0.2, 0) is 0 Å². The molecule has 0 saturated carbocycles. The zero-order valence-corrected chi connectivity index (χ0v) is 14.2. The van der Waals surface area contributed by atoms with E-state index in [-0.39, 0.29) is 5.69 Å². The Morgan fingerprint density at radius 1 is 1.14 bits per heavy atom. The normalized spacial score (nSPS) is 10.4. The van der Waals surface area contributed by atoms with E-state index in [2.05, 4.69) is 20.9 Å². The molecule has 7 heteroatoms. The third kappa shape index (κ3) is 2.52. The van der Waals surface area contributed by atoms with Crippen molar-refractivity contribution in [3.63, 3.8) is 0 Å². The van der Waals surface area contributed by atoms with Gasteiger partial charge in [0.05, 0.1) is 25.8 Å². The predicted octanol–water partition coefficient (Wildman–Crippen LogP) is 3.48. The van der Waals surface area contributed by atoms with Gasteiger partial charge >= 0.3 is 5.97 Å².